The van der Waals surface area contributed by atoms with Gasteiger partial charge in [0.1, 0.15) is 0 Å². The summed E-state index contributed by atoms with van der Waals surface area (Å²) in [6.07, 6.45) is 7.88. The number of rotatable bonds is 3. The number of hydrogen-bond donors (Lipinski definition) is 0. The van der Waals surface area contributed by atoms with Crippen molar-refractivity contribution in [2.45, 2.75) is 18.9 Å². The highest BCUT2D eigenvalue weighted by atomic mass is 16.5. The zero-order valence-corrected chi connectivity index (χ0v) is 7.95. The average Bonchev–Trinajstić information content (AvgIpc) is 2.23. The molecule has 0 aliphatic heterocycles. The molecule has 0 fully saturated rings. The van der Waals surface area contributed by atoms with E-state index in [1.54, 1.807) is 13.3 Å². The Morgan fingerprint density at radius 3 is 2.77 bits per heavy atom. The maximum Gasteiger partial charge on any atom is 0.169 e. The molecule has 13 heavy (non-hydrogen) atoms. The lowest BCUT2D eigenvalue weighted by Crippen LogP contribution is -2.26. The van der Waals surface area contributed by atoms with Crippen LogP contribution in [0.2, 0.25) is 0 Å². The maximum atomic E-state index is 5.45. The highest BCUT2D eigenvalue weighted by molar-refractivity contribution is 5.24. The number of methoxy groups -OCH3 is 1. The Bertz CT molecular complexity index is 296. The van der Waals surface area contributed by atoms with Gasteiger partial charge in [0.2, 0.25) is 0 Å². The Morgan fingerprint density at radius 1 is 1.62 bits per heavy atom. The van der Waals surface area contributed by atoms with Gasteiger partial charge in [-0.25, -0.2) is 0 Å². The summed E-state index contributed by atoms with van der Waals surface area (Å²) in [5.41, 5.74) is 0.129. The SMILES string of the molecule is C#CC(CC)(OC)c1ccccn1. The highest BCUT2D eigenvalue weighted by Crippen LogP contribution is 2.25. The smallest absolute Gasteiger partial charge is 0.169 e. The van der Waals surface area contributed by atoms with Crippen LogP contribution >= 0.6 is 0 Å². The number of aromatic nitrogens is 1. The minimum atomic E-state index is -0.665. The molecule has 2 heteroatoms. The van der Waals surface area contributed by atoms with E-state index in [1.807, 2.05) is 25.1 Å². The van der Waals surface area contributed by atoms with E-state index in [2.05, 4.69) is 10.9 Å². The molecule has 0 aliphatic rings. The number of nitrogens with zero attached hydrogens (tertiary/aromatic N) is 1. The van der Waals surface area contributed by atoms with Gasteiger partial charge in [-0.1, -0.05) is 18.9 Å². The van der Waals surface area contributed by atoms with E-state index in [1.165, 1.54) is 0 Å². The third-order valence-electron chi connectivity index (χ3n) is 2.16. The molecule has 68 valence electrons. The predicted molar refractivity (Wildman–Crippen MR) is 52.0 cm³/mol. The Morgan fingerprint density at radius 2 is 2.38 bits per heavy atom. The van der Waals surface area contributed by atoms with Crippen LogP contribution in [0.25, 0.3) is 0 Å². The summed E-state index contributed by atoms with van der Waals surface area (Å²) in [5, 5.41) is 0. The fourth-order valence-corrected chi connectivity index (χ4v) is 1.27. The van der Waals surface area contributed by atoms with Gasteiger partial charge >= 0.3 is 0 Å². The molecule has 1 unspecified atom stereocenters. The average molecular weight is 175 g/mol. The molecule has 0 N–H and O–H groups in total. The fourth-order valence-electron chi connectivity index (χ4n) is 1.27. The summed E-state index contributed by atoms with van der Waals surface area (Å²) in [6, 6.07) is 5.64. The monoisotopic (exact) mass is 175 g/mol. The fraction of sp³-hybridized carbons (Fsp3) is 0.364. The molecular formula is C11H13NO. The molecule has 1 atom stereocenters. The van der Waals surface area contributed by atoms with E-state index < -0.39 is 5.60 Å². The number of terminal acetylenes is 1. The van der Waals surface area contributed by atoms with Crippen LogP contribution in [0.5, 0.6) is 0 Å². The molecule has 1 rings (SSSR count). The molecule has 0 bridgehead atoms. The van der Waals surface area contributed by atoms with Crippen LogP contribution in [0.3, 0.4) is 0 Å². The van der Waals surface area contributed by atoms with Gasteiger partial charge in [0.15, 0.2) is 5.60 Å². The van der Waals surface area contributed by atoms with Crippen molar-refractivity contribution in [3.8, 4) is 12.3 Å². The Labute approximate surface area is 79.0 Å². The first kappa shape index (κ1) is 9.76. The molecule has 1 aromatic rings. The van der Waals surface area contributed by atoms with Gasteiger partial charge in [-0.15, -0.1) is 6.42 Å². The van der Waals surface area contributed by atoms with Crippen molar-refractivity contribution in [3.63, 3.8) is 0 Å². The van der Waals surface area contributed by atoms with Gasteiger partial charge < -0.3 is 4.74 Å². The molecule has 1 heterocycles. The predicted octanol–water partition coefficient (Wildman–Crippen LogP) is 1.97. The molecular weight excluding hydrogens is 162 g/mol. The number of hydrogen-bond acceptors (Lipinski definition) is 2. The van der Waals surface area contributed by atoms with Crippen LogP contribution in [-0.2, 0) is 10.3 Å². The molecule has 0 aliphatic carbocycles. The summed E-state index contributed by atoms with van der Waals surface area (Å²) in [5.74, 6) is 2.65. The molecule has 0 radical (unpaired) electrons. The highest BCUT2D eigenvalue weighted by Gasteiger charge is 2.28. The summed E-state index contributed by atoms with van der Waals surface area (Å²) in [7, 11) is 1.61. The second-order valence-electron chi connectivity index (χ2n) is 2.74. The normalized spacial score (nSPS) is 14.5. The number of ether oxygens (including phenoxy) is 1. The van der Waals surface area contributed by atoms with Crippen LogP contribution < -0.4 is 0 Å². The van der Waals surface area contributed by atoms with E-state index in [-0.39, 0.29) is 0 Å². The minimum absolute atomic E-state index is 0.665. The lowest BCUT2D eigenvalue weighted by atomic mass is 9.97. The molecule has 1 aromatic heterocycles. The Kier molecular flexibility index (Phi) is 3.05. The van der Waals surface area contributed by atoms with Crippen molar-refractivity contribution in [2.24, 2.45) is 0 Å². The van der Waals surface area contributed by atoms with E-state index in [9.17, 15) is 0 Å². The van der Waals surface area contributed by atoms with Crippen molar-refractivity contribution in [1.29, 1.82) is 0 Å². The summed E-state index contributed by atoms with van der Waals surface area (Å²) >= 11 is 0. The maximum absolute atomic E-state index is 5.45. The summed E-state index contributed by atoms with van der Waals surface area (Å²) in [6.45, 7) is 1.98. The Hall–Kier alpha value is -1.33. The van der Waals surface area contributed by atoms with Crippen LogP contribution in [0, 0.1) is 12.3 Å². The van der Waals surface area contributed by atoms with Gasteiger partial charge in [0.05, 0.1) is 5.69 Å². The lowest BCUT2D eigenvalue weighted by molar-refractivity contribution is 0.0312. The van der Waals surface area contributed by atoms with Crippen LogP contribution in [0.1, 0.15) is 19.0 Å². The van der Waals surface area contributed by atoms with Gasteiger partial charge in [0.25, 0.3) is 0 Å². The van der Waals surface area contributed by atoms with Gasteiger partial charge in [0, 0.05) is 13.3 Å². The topological polar surface area (TPSA) is 22.1 Å². The zero-order valence-electron chi connectivity index (χ0n) is 7.95. The molecule has 0 saturated carbocycles. The summed E-state index contributed by atoms with van der Waals surface area (Å²) < 4.78 is 5.32. The van der Waals surface area contributed by atoms with E-state index >= 15 is 0 Å². The van der Waals surface area contributed by atoms with Crippen LogP contribution in [0.4, 0.5) is 0 Å². The standard InChI is InChI=1S/C11H13NO/c1-4-11(5-2,13-3)10-8-6-7-9-12-10/h1,6-9H,5H2,2-3H3. The second-order valence-corrected chi connectivity index (χ2v) is 2.74. The van der Waals surface area contributed by atoms with Crippen LogP contribution in [0.15, 0.2) is 24.4 Å². The first-order valence-electron chi connectivity index (χ1n) is 4.23. The first-order chi connectivity index (χ1) is 6.29. The van der Waals surface area contributed by atoms with Crippen molar-refractivity contribution in [3.05, 3.63) is 30.1 Å². The first-order valence-corrected chi connectivity index (χ1v) is 4.23. The Balaban J connectivity index is 3.10. The van der Waals surface area contributed by atoms with Crippen LogP contribution in [-0.4, -0.2) is 12.1 Å². The largest absolute Gasteiger partial charge is 0.360 e. The van der Waals surface area contributed by atoms with Gasteiger partial charge in [-0.2, -0.15) is 0 Å². The van der Waals surface area contributed by atoms with Crippen molar-refractivity contribution >= 4 is 0 Å². The third-order valence-corrected chi connectivity index (χ3v) is 2.16. The van der Waals surface area contributed by atoms with E-state index in [4.69, 9.17) is 11.2 Å². The summed E-state index contributed by atoms with van der Waals surface area (Å²) in [4.78, 5) is 4.20. The third kappa shape index (κ3) is 1.71. The van der Waals surface area contributed by atoms with Crippen molar-refractivity contribution in [2.75, 3.05) is 7.11 Å². The number of pyridine rings is 1. The van der Waals surface area contributed by atoms with Crippen molar-refractivity contribution < 1.29 is 4.74 Å². The molecule has 2 nitrogen and oxygen atoms in total. The van der Waals surface area contributed by atoms with Crippen molar-refractivity contribution in [1.82, 2.24) is 4.98 Å². The van der Waals surface area contributed by atoms with Gasteiger partial charge in [-0.05, 0) is 18.6 Å². The second kappa shape index (κ2) is 4.06. The molecule has 0 saturated heterocycles. The lowest BCUT2D eigenvalue weighted by Gasteiger charge is -2.24. The zero-order chi connectivity index (χ0) is 9.73. The van der Waals surface area contributed by atoms with E-state index in [0.29, 0.717) is 0 Å². The minimum Gasteiger partial charge on any atom is -0.360 e. The molecule has 0 aromatic carbocycles. The van der Waals surface area contributed by atoms with Gasteiger partial charge in [-0.3, -0.25) is 4.98 Å². The quantitative estimate of drug-likeness (QED) is 0.655. The molecule has 0 spiro atoms. The molecule has 0 amide bonds. The van der Waals surface area contributed by atoms with E-state index in [0.717, 1.165) is 12.1 Å².